The third-order valence-corrected chi connectivity index (χ3v) is 2.88. The van der Waals surface area contributed by atoms with Crippen molar-refractivity contribution < 1.29 is 9.90 Å². The fourth-order valence-corrected chi connectivity index (χ4v) is 1.88. The van der Waals surface area contributed by atoms with E-state index < -0.39 is 0 Å². The number of rotatable bonds is 4. The van der Waals surface area contributed by atoms with Crippen LogP contribution in [0.1, 0.15) is 16.1 Å². The van der Waals surface area contributed by atoms with E-state index in [1.807, 2.05) is 0 Å². The van der Waals surface area contributed by atoms with E-state index in [9.17, 15) is 14.7 Å². The molecule has 2 N–H and O–H groups in total. The fourth-order valence-electron chi connectivity index (χ4n) is 1.88. The van der Waals surface area contributed by atoms with Crippen LogP contribution in [0.15, 0.2) is 41.5 Å². The summed E-state index contributed by atoms with van der Waals surface area (Å²) in [4.78, 5) is 27.3. The molecule has 20 heavy (non-hydrogen) atoms. The van der Waals surface area contributed by atoms with Gasteiger partial charge in [0.2, 0.25) is 0 Å². The summed E-state index contributed by atoms with van der Waals surface area (Å²) in [6.07, 6.45) is 3.09. The second-order valence-corrected chi connectivity index (χ2v) is 4.34. The summed E-state index contributed by atoms with van der Waals surface area (Å²) in [5, 5.41) is 12.0. The number of aryl methyl sites for hydroxylation is 1. The van der Waals surface area contributed by atoms with E-state index in [1.165, 1.54) is 10.6 Å². The molecule has 0 aliphatic heterocycles. The molecule has 2 rings (SSSR count). The molecule has 1 amide bonds. The number of hydrogen-bond donors (Lipinski definition) is 2. The summed E-state index contributed by atoms with van der Waals surface area (Å²) in [6, 6.07) is 5.89. The molecular weight excluding hydrogens is 258 g/mol. The molecule has 6 nitrogen and oxygen atoms in total. The molecule has 2 aromatic rings. The van der Waals surface area contributed by atoms with E-state index >= 15 is 0 Å². The zero-order valence-corrected chi connectivity index (χ0v) is 11.0. The van der Waals surface area contributed by atoms with E-state index in [0.717, 1.165) is 6.07 Å². The number of nitrogens with zero attached hydrogens (tertiary/aromatic N) is 2. The molecule has 0 unspecified atom stereocenters. The Morgan fingerprint density at radius 1 is 1.35 bits per heavy atom. The highest BCUT2D eigenvalue weighted by Crippen LogP contribution is 2.06. The summed E-state index contributed by atoms with van der Waals surface area (Å²) in [6.45, 7) is 2.40. The standard InChI is InChI=1S/C14H15N3O3/c1-10-8-12(18)9-13(19)17(10)7-6-16-14(20)11-2-4-15-5-3-11/h2-5,8-9,18H,6-7H2,1H3,(H,16,20). The number of aromatic hydroxyl groups is 1. The second kappa shape index (κ2) is 6.01. The number of hydrogen-bond acceptors (Lipinski definition) is 4. The lowest BCUT2D eigenvalue weighted by Gasteiger charge is -2.10. The molecule has 0 atom stereocenters. The van der Waals surface area contributed by atoms with Crippen LogP contribution in [0.2, 0.25) is 0 Å². The highest BCUT2D eigenvalue weighted by molar-refractivity contribution is 5.93. The number of aromatic nitrogens is 2. The van der Waals surface area contributed by atoms with Crippen LogP contribution in [0.5, 0.6) is 5.75 Å². The van der Waals surface area contributed by atoms with Crippen LogP contribution < -0.4 is 10.9 Å². The summed E-state index contributed by atoms with van der Waals surface area (Å²) < 4.78 is 1.49. The van der Waals surface area contributed by atoms with Crippen molar-refractivity contribution in [3.63, 3.8) is 0 Å². The number of amides is 1. The van der Waals surface area contributed by atoms with Gasteiger partial charge in [-0.3, -0.25) is 14.6 Å². The molecular formula is C14H15N3O3. The van der Waals surface area contributed by atoms with Gasteiger partial charge >= 0.3 is 0 Å². The lowest BCUT2D eigenvalue weighted by Crippen LogP contribution is -2.31. The molecule has 0 bridgehead atoms. The van der Waals surface area contributed by atoms with Crippen molar-refractivity contribution in [2.75, 3.05) is 6.54 Å². The van der Waals surface area contributed by atoms with Crippen molar-refractivity contribution in [2.45, 2.75) is 13.5 Å². The van der Waals surface area contributed by atoms with Crippen LogP contribution in [-0.2, 0) is 6.54 Å². The Morgan fingerprint density at radius 2 is 2.05 bits per heavy atom. The van der Waals surface area contributed by atoms with Crippen molar-refractivity contribution in [3.05, 3.63) is 58.3 Å². The second-order valence-electron chi connectivity index (χ2n) is 4.34. The molecule has 0 saturated heterocycles. The predicted molar refractivity (Wildman–Crippen MR) is 73.7 cm³/mol. The number of nitrogens with one attached hydrogen (secondary N) is 1. The van der Waals surface area contributed by atoms with Gasteiger partial charge in [0.1, 0.15) is 5.75 Å². The molecule has 0 aliphatic carbocycles. The maximum Gasteiger partial charge on any atom is 0.254 e. The normalized spacial score (nSPS) is 10.2. The third-order valence-electron chi connectivity index (χ3n) is 2.88. The monoisotopic (exact) mass is 273 g/mol. The maximum absolute atomic E-state index is 11.8. The zero-order chi connectivity index (χ0) is 14.5. The van der Waals surface area contributed by atoms with Crippen LogP contribution in [0, 0.1) is 6.92 Å². The van der Waals surface area contributed by atoms with Crippen LogP contribution in [0.3, 0.4) is 0 Å². The van der Waals surface area contributed by atoms with Crippen molar-refractivity contribution in [1.82, 2.24) is 14.9 Å². The van der Waals surface area contributed by atoms with Gasteiger partial charge in [0.25, 0.3) is 11.5 Å². The first-order valence-corrected chi connectivity index (χ1v) is 6.16. The molecule has 104 valence electrons. The lowest BCUT2D eigenvalue weighted by atomic mass is 10.2. The van der Waals surface area contributed by atoms with E-state index in [2.05, 4.69) is 10.3 Å². The number of carbonyl (C=O) groups is 1. The predicted octanol–water partition coefficient (Wildman–Crippen LogP) is 0.687. The Kier molecular flexibility index (Phi) is 4.14. The molecule has 0 aromatic carbocycles. The van der Waals surface area contributed by atoms with Crippen LogP contribution in [0.4, 0.5) is 0 Å². The van der Waals surface area contributed by atoms with E-state index in [4.69, 9.17) is 0 Å². The first kappa shape index (κ1) is 13.8. The van der Waals surface area contributed by atoms with Gasteiger partial charge in [0, 0.05) is 42.8 Å². The van der Waals surface area contributed by atoms with Gasteiger partial charge in [0.05, 0.1) is 0 Å². The molecule has 2 heterocycles. The summed E-state index contributed by atoms with van der Waals surface area (Å²) in [5.41, 5.74) is 0.878. The molecule has 0 radical (unpaired) electrons. The Bertz CT molecular complexity index is 665. The van der Waals surface area contributed by atoms with E-state index in [1.54, 1.807) is 31.5 Å². The largest absolute Gasteiger partial charge is 0.508 e. The van der Waals surface area contributed by atoms with Gasteiger partial charge in [0.15, 0.2) is 0 Å². The van der Waals surface area contributed by atoms with Gasteiger partial charge in [-0.15, -0.1) is 0 Å². The topological polar surface area (TPSA) is 84.2 Å². The lowest BCUT2D eigenvalue weighted by molar-refractivity contribution is 0.0952. The zero-order valence-electron chi connectivity index (χ0n) is 11.0. The summed E-state index contributed by atoms with van der Waals surface area (Å²) in [5.74, 6) is -0.263. The van der Waals surface area contributed by atoms with E-state index in [-0.39, 0.29) is 17.2 Å². The fraction of sp³-hybridized carbons (Fsp3) is 0.214. The minimum Gasteiger partial charge on any atom is -0.508 e. The number of carbonyl (C=O) groups excluding carboxylic acids is 1. The van der Waals surface area contributed by atoms with Gasteiger partial charge < -0.3 is 15.0 Å². The smallest absolute Gasteiger partial charge is 0.254 e. The molecule has 0 spiro atoms. The Morgan fingerprint density at radius 3 is 2.70 bits per heavy atom. The highest BCUT2D eigenvalue weighted by atomic mass is 16.3. The van der Waals surface area contributed by atoms with Crippen molar-refractivity contribution in [2.24, 2.45) is 0 Å². The molecule has 2 aromatic heterocycles. The molecule has 6 heteroatoms. The average Bonchev–Trinajstić information content (AvgIpc) is 2.42. The number of pyridine rings is 2. The van der Waals surface area contributed by atoms with Crippen molar-refractivity contribution in [1.29, 1.82) is 0 Å². The van der Waals surface area contributed by atoms with Crippen LogP contribution in [0.25, 0.3) is 0 Å². The molecule has 0 saturated carbocycles. The highest BCUT2D eigenvalue weighted by Gasteiger charge is 2.06. The minimum atomic E-state index is -0.291. The van der Waals surface area contributed by atoms with Crippen LogP contribution in [-0.4, -0.2) is 27.1 Å². The first-order valence-electron chi connectivity index (χ1n) is 6.16. The third kappa shape index (κ3) is 3.23. The van der Waals surface area contributed by atoms with Crippen molar-refractivity contribution >= 4 is 5.91 Å². The quantitative estimate of drug-likeness (QED) is 0.858. The van der Waals surface area contributed by atoms with Crippen LogP contribution >= 0.6 is 0 Å². The first-order chi connectivity index (χ1) is 9.58. The molecule has 0 fully saturated rings. The van der Waals surface area contributed by atoms with Gasteiger partial charge in [-0.25, -0.2) is 0 Å². The summed E-state index contributed by atoms with van der Waals surface area (Å²) >= 11 is 0. The van der Waals surface area contributed by atoms with Gasteiger partial charge in [-0.05, 0) is 25.1 Å². The van der Waals surface area contributed by atoms with Gasteiger partial charge in [-0.1, -0.05) is 0 Å². The SMILES string of the molecule is Cc1cc(O)cc(=O)n1CCNC(=O)c1ccncc1. The van der Waals surface area contributed by atoms with Gasteiger partial charge in [-0.2, -0.15) is 0 Å². The Labute approximate surface area is 115 Å². The Balaban J connectivity index is 1.97. The summed E-state index contributed by atoms with van der Waals surface area (Å²) in [7, 11) is 0. The van der Waals surface area contributed by atoms with Crippen molar-refractivity contribution in [3.8, 4) is 5.75 Å². The van der Waals surface area contributed by atoms with E-state index in [0.29, 0.717) is 24.3 Å². The molecule has 0 aliphatic rings. The Hall–Kier alpha value is -2.63. The maximum atomic E-state index is 11.8. The minimum absolute atomic E-state index is 0.0513. The average molecular weight is 273 g/mol.